The molecule has 1 aromatic heterocycles. The van der Waals surface area contributed by atoms with Crippen molar-refractivity contribution in [2.75, 3.05) is 12.4 Å². The normalized spacial score (nSPS) is 33.0. The average Bonchev–Trinajstić information content (AvgIpc) is 2.94. The topological polar surface area (TPSA) is 54.0 Å². The largest absolute Gasteiger partial charge is 0.373 e. The van der Waals surface area contributed by atoms with E-state index in [4.69, 9.17) is 0 Å². The van der Waals surface area contributed by atoms with Crippen LogP contribution in [0.3, 0.4) is 0 Å². The Hall–Kier alpha value is -1.58. The van der Waals surface area contributed by atoms with E-state index in [0.717, 1.165) is 11.7 Å². The summed E-state index contributed by atoms with van der Waals surface area (Å²) in [4.78, 5) is 16.8. The minimum absolute atomic E-state index is 0.00277. The Labute approximate surface area is 126 Å². The lowest BCUT2D eigenvalue weighted by Gasteiger charge is -2.43. The predicted molar refractivity (Wildman–Crippen MR) is 84.3 cm³/mol. The van der Waals surface area contributed by atoms with E-state index in [-0.39, 0.29) is 22.8 Å². The summed E-state index contributed by atoms with van der Waals surface area (Å²) in [5.41, 5.74) is 1.07. The van der Waals surface area contributed by atoms with Crippen molar-refractivity contribution in [1.82, 2.24) is 10.3 Å². The molecule has 3 rings (SSSR count). The smallest absolute Gasteiger partial charge is 0.253 e. The highest BCUT2D eigenvalue weighted by molar-refractivity contribution is 5.94. The summed E-state index contributed by atoms with van der Waals surface area (Å²) in [6, 6.07) is 3.92. The fraction of sp³-hybridized carbons (Fsp3) is 0.647. The first kappa shape index (κ1) is 14.4. The van der Waals surface area contributed by atoms with E-state index in [1.54, 1.807) is 6.20 Å². The van der Waals surface area contributed by atoms with Gasteiger partial charge in [-0.1, -0.05) is 20.8 Å². The molecule has 0 aromatic carbocycles. The molecular weight excluding hydrogens is 262 g/mol. The Bertz CT molecular complexity index is 547. The van der Waals surface area contributed by atoms with E-state index in [1.165, 1.54) is 19.3 Å². The number of nitrogens with one attached hydrogen (secondary N) is 2. The lowest BCUT2D eigenvalue weighted by molar-refractivity contribution is 0.0737. The SMILES string of the molecule is CNc1ccc(C(=O)NC2C3(C)CCC(C3)C2(C)C)cn1. The third kappa shape index (κ3) is 2.21. The van der Waals surface area contributed by atoms with Crippen LogP contribution in [-0.2, 0) is 0 Å². The Morgan fingerprint density at radius 1 is 1.33 bits per heavy atom. The second-order valence-corrected chi connectivity index (χ2v) is 7.50. The van der Waals surface area contributed by atoms with E-state index < -0.39 is 0 Å². The van der Waals surface area contributed by atoms with Crippen molar-refractivity contribution >= 4 is 11.7 Å². The van der Waals surface area contributed by atoms with Gasteiger partial charge in [0.15, 0.2) is 0 Å². The molecule has 0 spiro atoms. The average molecular weight is 287 g/mol. The minimum atomic E-state index is -0.00277. The summed E-state index contributed by atoms with van der Waals surface area (Å²) in [6.45, 7) is 6.93. The Kier molecular flexibility index (Phi) is 3.23. The highest BCUT2D eigenvalue weighted by Gasteiger charge is 2.59. The Balaban J connectivity index is 1.78. The minimum Gasteiger partial charge on any atom is -0.373 e. The molecule has 1 heterocycles. The van der Waals surface area contributed by atoms with Gasteiger partial charge in [0.2, 0.25) is 0 Å². The first-order valence-electron chi connectivity index (χ1n) is 7.81. The Morgan fingerprint density at radius 3 is 2.62 bits per heavy atom. The second kappa shape index (κ2) is 4.72. The number of amides is 1. The number of rotatable bonds is 3. The molecule has 2 fully saturated rings. The van der Waals surface area contributed by atoms with Crippen LogP contribution in [0.25, 0.3) is 0 Å². The quantitative estimate of drug-likeness (QED) is 0.898. The summed E-state index contributed by atoms with van der Waals surface area (Å²) in [6.07, 6.45) is 5.41. The van der Waals surface area contributed by atoms with Gasteiger partial charge in [0.05, 0.1) is 5.56 Å². The van der Waals surface area contributed by atoms with Gasteiger partial charge in [-0.3, -0.25) is 4.79 Å². The zero-order valence-electron chi connectivity index (χ0n) is 13.4. The standard InChI is InChI=1S/C17H25N3O/c1-16(2)12-7-8-17(3,9-12)15(16)20-14(21)11-5-6-13(18-4)19-10-11/h5-6,10,12,15H,7-9H2,1-4H3,(H,18,19)(H,20,21). The summed E-state index contributed by atoms with van der Waals surface area (Å²) < 4.78 is 0. The van der Waals surface area contributed by atoms with Crippen LogP contribution in [0.4, 0.5) is 5.82 Å². The van der Waals surface area contributed by atoms with Crippen LogP contribution in [-0.4, -0.2) is 24.0 Å². The molecule has 2 saturated carbocycles. The summed E-state index contributed by atoms with van der Waals surface area (Å²) in [7, 11) is 1.82. The summed E-state index contributed by atoms with van der Waals surface area (Å²) in [5.74, 6) is 1.51. The molecule has 0 saturated heterocycles. The van der Waals surface area contributed by atoms with E-state index in [9.17, 15) is 4.79 Å². The van der Waals surface area contributed by atoms with Gasteiger partial charge in [0.25, 0.3) is 5.91 Å². The summed E-state index contributed by atoms with van der Waals surface area (Å²) in [5, 5.41) is 6.26. The zero-order chi connectivity index (χ0) is 15.3. The third-order valence-corrected chi connectivity index (χ3v) is 5.83. The molecule has 0 radical (unpaired) electrons. The molecule has 0 aliphatic heterocycles. The fourth-order valence-electron chi connectivity index (χ4n) is 4.55. The molecule has 4 nitrogen and oxygen atoms in total. The maximum Gasteiger partial charge on any atom is 0.253 e. The van der Waals surface area contributed by atoms with Crippen molar-refractivity contribution in [2.45, 2.75) is 46.1 Å². The lowest BCUT2D eigenvalue weighted by atomic mass is 9.68. The van der Waals surface area contributed by atoms with Gasteiger partial charge < -0.3 is 10.6 Å². The molecule has 1 aromatic rings. The van der Waals surface area contributed by atoms with Gasteiger partial charge in [-0.2, -0.15) is 0 Å². The predicted octanol–water partition coefficient (Wildman–Crippen LogP) is 3.07. The van der Waals surface area contributed by atoms with Crippen molar-refractivity contribution < 1.29 is 4.79 Å². The Morgan fingerprint density at radius 2 is 2.10 bits per heavy atom. The molecule has 114 valence electrons. The van der Waals surface area contributed by atoms with Crippen LogP contribution in [0.5, 0.6) is 0 Å². The molecule has 2 aliphatic rings. The summed E-state index contributed by atoms with van der Waals surface area (Å²) >= 11 is 0. The molecule has 3 atom stereocenters. The number of fused-ring (bicyclic) bond motifs is 2. The second-order valence-electron chi connectivity index (χ2n) is 7.50. The van der Waals surface area contributed by atoms with E-state index >= 15 is 0 Å². The maximum absolute atomic E-state index is 12.5. The van der Waals surface area contributed by atoms with Crippen molar-refractivity contribution in [3.8, 4) is 0 Å². The fourth-order valence-corrected chi connectivity index (χ4v) is 4.55. The molecule has 3 unspecified atom stereocenters. The van der Waals surface area contributed by atoms with Crippen LogP contribution in [0.15, 0.2) is 18.3 Å². The number of anilines is 1. The lowest BCUT2D eigenvalue weighted by Crippen LogP contribution is -2.52. The number of aromatic nitrogens is 1. The van der Waals surface area contributed by atoms with Gasteiger partial charge >= 0.3 is 0 Å². The van der Waals surface area contributed by atoms with Gasteiger partial charge in [-0.05, 0) is 48.1 Å². The number of hydrogen-bond acceptors (Lipinski definition) is 3. The highest BCUT2D eigenvalue weighted by Crippen LogP contribution is 2.62. The molecule has 1 amide bonds. The molecule has 2 N–H and O–H groups in total. The molecular formula is C17H25N3O. The number of carbonyl (C=O) groups is 1. The first-order valence-corrected chi connectivity index (χ1v) is 7.81. The van der Waals surface area contributed by atoms with Crippen LogP contribution in [0.1, 0.15) is 50.4 Å². The van der Waals surface area contributed by atoms with Crippen molar-refractivity contribution in [3.63, 3.8) is 0 Å². The zero-order valence-corrected chi connectivity index (χ0v) is 13.4. The van der Waals surface area contributed by atoms with Crippen molar-refractivity contribution in [2.24, 2.45) is 16.7 Å². The molecule has 2 bridgehead atoms. The van der Waals surface area contributed by atoms with Gasteiger partial charge in [0.1, 0.15) is 5.82 Å². The maximum atomic E-state index is 12.5. The first-order chi connectivity index (χ1) is 9.87. The monoisotopic (exact) mass is 287 g/mol. The van der Waals surface area contributed by atoms with Crippen LogP contribution >= 0.6 is 0 Å². The van der Waals surface area contributed by atoms with E-state index in [0.29, 0.717) is 5.56 Å². The van der Waals surface area contributed by atoms with E-state index in [2.05, 4.69) is 36.4 Å². The molecule has 2 aliphatic carbocycles. The van der Waals surface area contributed by atoms with Gasteiger partial charge in [-0.25, -0.2) is 4.98 Å². The van der Waals surface area contributed by atoms with Crippen molar-refractivity contribution in [3.05, 3.63) is 23.9 Å². The number of pyridine rings is 1. The van der Waals surface area contributed by atoms with E-state index in [1.807, 2.05) is 19.2 Å². The third-order valence-electron chi connectivity index (χ3n) is 5.83. The molecule has 21 heavy (non-hydrogen) atoms. The van der Waals surface area contributed by atoms with Gasteiger partial charge in [-0.15, -0.1) is 0 Å². The van der Waals surface area contributed by atoms with Crippen LogP contribution in [0, 0.1) is 16.7 Å². The van der Waals surface area contributed by atoms with Crippen LogP contribution < -0.4 is 10.6 Å². The van der Waals surface area contributed by atoms with Crippen LogP contribution in [0.2, 0.25) is 0 Å². The van der Waals surface area contributed by atoms with Crippen molar-refractivity contribution in [1.29, 1.82) is 0 Å². The number of hydrogen-bond donors (Lipinski definition) is 2. The number of nitrogens with zero attached hydrogens (tertiary/aromatic N) is 1. The number of carbonyl (C=O) groups excluding carboxylic acids is 1. The van der Waals surface area contributed by atoms with Gasteiger partial charge in [0, 0.05) is 19.3 Å². The highest BCUT2D eigenvalue weighted by atomic mass is 16.1. The molecule has 4 heteroatoms.